The Hall–Kier alpha value is -6.22. The molecule has 0 saturated carbocycles. The average molecular weight is 779 g/mol. The summed E-state index contributed by atoms with van der Waals surface area (Å²) in [6.45, 7) is 7.28. The van der Waals surface area contributed by atoms with Gasteiger partial charge in [-0.05, 0) is 161 Å². The van der Waals surface area contributed by atoms with E-state index in [2.05, 4.69) is 0 Å². The van der Waals surface area contributed by atoms with Crippen molar-refractivity contribution in [2.24, 2.45) is 0 Å². The van der Waals surface area contributed by atoms with Gasteiger partial charge in [-0.15, -0.1) is 0 Å². The lowest BCUT2D eigenvalue weighted by Gasteiger charge is -2.27. The fourth-order valence-electron chi connectivity index (χ4n) is 7.06. The van der Waals surface area contributed by atoms with Crippen LogP contribution in [-0.4, -0.2) is 20.4 Å². The van der Waals surface area contributed by atoms with E-state index in [9.17, 15) is 18.0 Å². The van der Waals surface area contributed by atoms with Gasteiger partial charge in [0.1, 0.15) is 11.5 Å². The Balaban J connectivity index is 1.13. The molecule has 282 valence electrons. The fraction of sp³-hybridized carbons (Fsp3) is 0.0833. The molecule has 6 nitrogen and oxygen atoms in total. The van der Waals surface area contributed by atoms with Crippen molar-refractivity contribution in [1.29, 1.82) is 0 Å². The van der Waals surface area contributed by atoms with Gasteiger partial charge in [-0.1, -0.05) is 78.9 Å². The summed E-state index contributed by atoms with van der Waals surface area (Å²) in [5, 5.41) is 0. The number of benzene rings is 7. The first-order valence-corrected chi connectivity index (χ1v) is 21.6. The number of ether oxygens (including phenoxy) is 2. The van der Waals surface area contributed by atoms with Crippen molar-refractivity contribution < 1.29 is 27.5 Å². The largest absolute Gasteiger partial charge is 0.422 e. The van der Waals surface area contributed by atoms with Crippen LogP contribution in [0.4, 0.5) is 0 Å². The molecule has 0 saturated heterocycles. The third kappa shape index (κ3) is 7.29. The highest BCUT2D eigenvalue weighted by Gasteiger charge is 2.27. The molecule has 7 rings (SSSR count). The molecule has 0 atom stereocenters. The molecule has 7 aromatic carbocycles. The Kier molecular flexibility index (Phi) is 10.8. The van der Waals surface area contributed by atoms with Gasteiger partial charge in [-0.2, -0.15) is 0 Å². The predicted octanol–water partition coefficient (Wildman–Crippen LogP) is 10.3. The summed E-state index contributed by atoms with van der Waals surface area (Å²) in [6.07, 6.45) is 0. The normalized spacial score (nSPS) is 12.1. The standard InChI is InChI=1S/C48H42O6S2/c1-33-28-43(55(51,39-20-9-5-10-21-39)40-22-11-6-12-23-40)29-34(2)45(33)53-47(49)37-18-17-19-38(32-37)48(50)54-46-35(3)30-44(31-36(46)4)56(52,41-24-13-7-14-25-41)42-26-15-8-16-27-42/h5-32,55-56H,1-4H3. The van der Waals surface area contributed by atoms with Crippen LogP contribution in [0.3, 0.4) is 0 Å². The van der Waals surface area contributed by atoms with Crippen molar-refractivity contribution in [2.45, 2.75) is 57.1 Å². The van der Waals surface area contributed by atoms with E-state index in [0.29, 0.717) is 63.1 Å². The highest BCUT2D eigenvalue weighted by molar-refractivity contribution is 8.03. The van der Waals surface area contributed by atoms with Gasteiger partial charge in [0.25, 0.3) is 0 Å². The molecule has 0 aromatic heterocycles. The van der Waals surface area contributed by atoms with E-state index in [1.807, 2.05) is 173 Å². The number of carbonyl (C=O) groups is 2. The minimum atomic E-state index is -3.24. The zero-order chi connectivity index (χ0) is 39.5. The number of rotatable bonds is 10. The maximum atomic E-state index is 15.0. The second kappa shape index (κ2) is 15.9. The lowest BCUT2D eigenvalue weighted by Crippen LogP contribution is -2.17. The van der Waals surface area contributed by atoms with E-state index >= 15 is 0 Å². The molecule has 0 aliphatic carbocycles. The molecule has 56 heavy (non-hydrogen) atoms. The summed E-state index contributed by atoms with van der Waals surface area (Å²) in [5.41, 5.74) is 2.92. The number of esters is 2. The van der Waals surface area contributed by atoms with E-state index in [0.717, 1.165) is 0 Å². The van der Waals surface area contributed by atoms with E-state index in [1.54, 1.807) is 18.2 Å². The second-order valence-corrected chi connectivity index (χ2v) is 19.3. The highest BCUT2D eigenvalue weighted by atomic mass is 32.2. The Morgan fingerprint density at radius 3 is 0.893 bits per heavy atom. The van der Waals surface area contributed by atoms with Crippen molar-refractivity contribution in [3.8, 4) is 11.5 Å². The first-order valence-electron chi connectivity index (χ1n) is 18.2. The average Bonchev–Trinajstić information content (AvgIpc) is 3.23. The molecule has 0 spiro atoms. The van der Waals surface area contributed by atoms with Crippen LogP contribution in [0.25, 0.3) is 0 Å². The number of hydrogen-bond acceptors (Lipinski definition) is 6. The molecular weight excluding hydrogens is 737 g/mol. The maximum absolute atomic E-state index is 15.0. The molecule has 7 aromatic rings. The molecule has 0 radical (unpaired) electrons. The van der Waals surface area contributed by atoms with Crippen molar-refractivity contribution >= 4 is 31.8 Å². The van der Waals surface area contributed by atoms with Gasteiger partial charge in [0.05, 0.1) is 11.1 Å². The molecule has 0 heterocycles. The second-order valence-electron chi connectivity index (χ2n) is 13.7. The van der Waals surface area contributed by atoms with Crippen LogP contribution in [0, 0.1) is 27.7 Å². The molecule has 0 bridgehead atoms. The smallest absolute Gasteiger partial charge is 0.343 e. The van der Waals surface area contributed by atoms with Crippen LogP contribution >= 0.6 is 0 Å². The molecule has 0 fully saturated rings. The minimum Gasteiger partial charge on any atom is -0.422 e. The first-order chi connectivity index (χ1) is 27.0. The Morgan fingerprint density at radius 1 is 0.357 bits per heavy atom. The van der Waals surface area contributed by atoms with E-state index < -0.39 is 31.8 Å². The molecule has 0 unspecified atom stereocenters. The minimum absolute atomic E-state index is 0.164. The van der Waals surface area contributed by atoms with E-state index in [-0.39, 0.29) is 11.1 Å². The third-order valence-electron chi connectivity index (χ3n) is 9.82. The van der Waals surface area contributed by atoms with Crippen molar-refractivity contribution in [2.75, 3.05) is 0 Å². The van der Waals surface area contributed by atoms with Crippen LogP contribution in [0.1, 0.15) is 43.0 Å². The number of carbonyl (C=O) groups excluding carboxylic acids is 2. The van der Waals surface area contributed by atoms with Gasteiger partial charge in [0.2, 0.25) is 0 Å². The molecule has 8 heteroatoms. The first kappa shape index (κ1) is 38.1. The Morgan fingerprint density at radius 2 is 0.625 bits per heavy atom. The molecule has 0 N–H and O–H groups in total. The Bertz CT molecular complexity index is 2340. The summed E-state index contributed by atoms with van der Waals surface area (Å²) < 4.78 is 41.8. The van der Waals surface area contributed by atoms with Crippen LogP contribution in [0.5, 0.6) is 11.5 Å². The zero-order valence-corrected chi connectivity index (χ0v) is 33.3. The summed E-state index contributed by atoms with van der Waals surface area (Å²) in [7, 11) is -6.48. The lowest BCUT2D eigenvalue weighted by molar-refractivity contribution is 0.0732. The number of aryl methyl sites for hydroxylation is 4. The monoisotopic (exact) mass is 778 g/mol. The van der Waals surface area contributed by atoms with E-state index in [1.165, 1.54) is 6.07 Å². The van der Waals surface area contributed by atoms with Crippen LogP contribution in [-0.2, 0) is 19.9 Å². The summed E-state index contributed by atoms with van der Waals surface area (Å²) in [4.78, 5) is 31.3. The number of thiol groups is 2. The number of hydrogen-bond donors (Lipinski definition) is 2. The Labute approximate surface area is 329 Å². The zero-order valence-electron chi connectivity index (χ0n) is 31.5. The van der Waals surface area contributed by atoms with Crippen LogP contribution in [0.15, 0.2) is 199 Å². The molecular formula is C48H42O6S2. The van der Waals surface area contributed by atoms with E-state index in [4.69, 9.17) is 9.47 Å². The summed E-state index contributed by atoms with van der Waals surface area (Å²) in [5.74, 6) is -0.590. The SMILES string of the molecule is Cc1cc([SH](=O)(c2ccccc2)c2ccccc2)cc(C)c1OC(=O)c1cccc(C(=O)Oc2c(C)cc([SH](=O)(c3ccccc3)c3ccccc3)cc2C)c1. The quantitative estimate of drug-likeness (QED) is 0.0817. The fourth-order valence-corrected chi connectivity index (χ4v) is 12.7. The lowest BCUT2D eigenvalue weighted by atomic mass is 10.1. The molecule has 0 aliphatic heterocycles. The summed E-state index contributed by atoms with van der Waals surface area (Å²) in [6, 6.07) is 51.0. The van der Waals surface area contributed by atoms with Crippen molar-refractivity contribution in [3.05, 3.63) is 203 Å². The van der Waals surface area contributed by atoms with Gasteiger partial charge in [-0.3, -0.25) is 8.42 Å². The van der Waals surface area contributed by atoms with Crippen LogP contribution < -0.4 is 9.47 Å². The van der Waals surface area contributed by atoms with Gasteiger partial charge in [-0.25, -0.2) is 9.59 Å². The topological polar surface area (TPSA) is 86.7 Å². The highest BCUT2D eigenvalue weighted by Crippen LogP contribution is 2.41. The van der Waals surface area contributed by atoms with Gasteiger partial charge < -0.3 is 9.47 Å². The molecule has 0 aliphatic rings. The summed E-state index contributed by atoms with van der Waals surface area (Å²) >= 11 is 0. The maximum Gasteiger partial charge on any atom is 0.343 e. The van der Waals surface area contributed by atoms with Gasteiger partial charge in [0, 0.05) is 29.4 Å². The molecule has 0 amide bonds. The van der Waals surface area contributed by atoms with Gasteiger partial charge in [0.15, 0.2) is 0 Å². The van der Waals surface area contributed by atoms with Crippen LogP contribution in [0.2, 0.25) is 0 Å². The van der Waals surface area contributed by atoms with Gasteiger partial charge >= 0.3 is 11.9 Å². The van der Waals surface area contributed by atoms with Crippen molar-refractivity contribution in [1.82, 2.24) is 0 Å². The van der Waals surface area contributed by atoms with Crippen molar-refractivity contribution in [3.63, 3.8) is 0 Å². The third-order valence-corrected chi connectivity index (χ3v) is 15.9. The predicted molar refractivity (Wildman–Crippen MR) is 223 cm³/mol.